The van der Waals surface area contributed by atoms with Gasteiger partial charge in [0.1, 0.15) is 11.8 Å². The van der Waals surface area contributed by atoms with Crippen LogP contribution in [0.25, 0.3) is 0 Å². The predicted octanol–water partition coefficient (Wildman–Crippen LogP) is 0.633. The van der Waals surface area contributed by atoms with Crippen LogP contribution in [0, 0.1) is 0 Å². The maximum atomic E-state index is 11.9. The van der Waals surface area contributed by atoms with Gasteiger partial charge in [-0.25, -0.2) is 0 Å². The lowest BCUT2D eigenvalue weighted by molar-refractivity contribution is -0.119. The minimum absolute atomic E-state index is 0.236. The van der Waals surface area contributed by atoms with Crippen molar-refractivity contribution in [1.82, 2.24) is 5.32 Å². The van der Waals surface area contributed by atoms with Crippen molar-refractivity contribution in [1.29, 1.82) is 0 Å². The molecule has 0 fully saturated rings. The standard InChI is InChI=1S/C14H18N4O2/c1-2-8-16-14(20)11-9-12(13(15)19)18(17-11)10-6-4-3-5-7-10/h3-7,12H,2,8-9H2,1H3,(H2,15,19)(H,16,20). The van der Waals surface area contributed by atoms with Gasteiger partial charge in [0.2, 0.25) is 5.91 Å². The Balaban J connectivity index is 2.21. The SMILES string of the molecule is CCCNC(=O)C1=NN(c2ccccc2)C(C(N)=O)C1. The number of hydrogen-bond donors (Lipinski definition) is 2. The lowest BCUT2D eigenvalue weighted by Crippen LogP contribution is -2.39. The number of nitrogens with zero attached hydrogens (tertiary/aromatic N) is 2. The van der Waals surface area contributed by atoms with Crippen LogP contribution in [0.1, 0.15) is 19.8 Å². The number of rotatable bonds is 5. The number of anilines is 1. The second-order valence-electron chi connectivity index (χ2n) is 4.61. The molecule has 0 saturated carbocycles. The zero-order valence-corrected chi connectivity index (χ0v) is 11.4. The van der Waals surface area contributed by atoms with E-state index in [-0.39, 0.29) is 12.3 Å². The first-order valence-electron chi connectivity index (χ1n) is 6.62. The van der Waals surface area contributed by atoms with Crippen molar-refractivity contribution >= 4 is 23.2 Å². The van der Waals surface area contributed by atoms with Crippen molar-refractivity contribution in [3.8, 4) is 0 Å². The molecular formula is C14H18N4O2. The zero-order chi connectivity index (χ0) is 14.5. The van der Waals surface area contributed by atoms with Crippen molar-refractivity contribution in [2.75, 3.05) is 11.6 Å². The number of primary amides is 1. The number of amides is 2. The predicted molar refractivity (Wildman–Crippen MR) is 77.3 cm³/mol. The van der Waals surface area contributed by atoms with Gasteiger partial charge >= 0.3 is 0 Å². The number of carbonyl (C=O) groups excluding carboxylic acids is 2. The van der Waals surface area contributed by atoms with Gasteiger partial charge < -0.3 is 11.1 Å². The van der Waals surface area contributed by atoms with Crippen LogP contribution in [0.4, 0.5) is 5.69 Å². The number of hydrogen-bond acceptors (Lipinski definition) is 4. The molecule has 1 atom stereocenters. The van der Waals surface area contributed by atoms with E-state index in [2.05, 4.69) is 10.4 Å². The lowest BCUT2D eigenvalue weighted by Gasteiger charge is -2.20. The van der Waals surface area contributed by atoms with Gasteiger partial charge in [-0.3, -0.25) is 14.6 Å². The molecule has 6 nitrogen and oxygen atoms in total. The topological polar surface area (TPSA) is 87.8 Å². The van der Waals surface area contributed by atoms with E-state index in [0.29, 0.717) is 12.3 Å². The molecule has 0 saturated heterocycles. The summed E-state index contributed by atoms with van der Waals surface area (Å²) in [6.07, 6.45) is 1.08. The van der Waals surface area contributed by atoms with E-state index in [9.17, 15) is 9.59 Å². The summed E-state index contributed by atoms with van der Waals surface area (Å²) in [6, 6.07) is 8.60. The molecule has 2 amide bonds. The van der Waals surface area contributed by atoms with Gasteiger partial charge in [-0.05, 0) is 18.6 Å². The van der Waals surface area contributed by atoms with Gasteiger partial charge in [-0.1, -0.05) is 25.1 Å². The van der Waals surface area contributed by atoms with Crippen molar-refractivity contribution in [2.24, 2.45) is 10.8 Å². The summed E-state index contributed by atoms with van der Waals surface area (Å²) >= 11 is 0. The van der Waals surface area contributed by atoms with E-state index < -0.39 is 11.9 Å². The molecule has 6 heteroatoms. The highest BCUT2D eigenvalue weighted by Gasteiger charge is 2.34. The molecule has 1 aliphatic heterocycles. The summed E-state index contributed by atoms with van der Waals surface area (Å²) < 4.78 is 0. The summed E-state index contributed by atoms with van der Waals surface area (Å²) in [5.74, 6) is -0.729. The highest BCUT2D eigenvalue weighted by Crippen LogP contribution is 2.24. The van der Waals surface area contributed by atoms with Crippen LogP contribution in [-0.4, -0.2) is 30.1 Å². The number of nitrogens with two attached hydrogens (primary N) is 1. The quantitative estimate of drug-likeness (QED) is 0.825. The Morgan fingerprint density at radius 1 is 1.40 bits per heavy atom. The van der Waals surface area contributed by atoms with Gasteiger partial charge in [0.25, 0.3) is 5.91 Å². The number of para-hydroxylation sites is 1. The lowest BCUT2D eigenvalue weighted by atomic mass is 10.1. The van der Waals surface area contributed by atoms with Crippen LogP contribution in [0.15, 0.2) is 35.4 Å². The Labute approximate surface area is 117 Å². The molecule has 0 bridgehead atoms. The monoisotopic (exact) mass is 274 g/mol. The smallest absolute Gasteiger partial charge is 0.267 e. The largest absolute Gasteiger partial charge is 0.368 e. The second-order valence-corrected chi connectivity index (χ2v) is 4.61. The summed E-state index contributed by atoms with van der Waals surface area (Å²) in [6.45, 7) is 2.56. The third kappa shape index (κ3) is 2.96. The van der Waals surface area contributed by atoms with Crippen LogP contribution in [0.5, 0.6) is 0 Å². The Kier molecular flexibility index (Phi) is 4.34. The normalized spacial score (nSPS) is 17.8. The molecule has 1 aliphatic rings. The first kappa shape index (κ1) is 14.0. The summed E-state index contributed by atoms with van der Waals surface area (Å²) in [7, 11) is 0. The van der Waals surface area contributed by atoms with Gasteiger partial charge in [-0.2, -0.15) is 5.10 Å². The minimum Gasteiger partial charge on any atom is -0.368 e. The van der Waals surface area contributed by atoms with Gasteiger partial charge in [-0.15, -0.1) is 0 Å². The van der Waals surface area contributed by atoms with Crippen LogP contribution in [0.2, 0.25) is 0 Å². The van der Waals surface area contributed by atoms with Crippen LogP contribution in [-0.2, 0) is 9.59 Å². The molecule has 1 unspecified atom stereocenters. The third-order valence-corrected chi connectivity index (χ3v) is 3.06. The molecule has 3 N–H and O–H groups in total. The zero-order valence-electron chi connectivity index (χ0n) is 11.4. The minimum atomic E-state index is -0.611. The molecule has 0 aromatic heterocycles. The molecule has 0 aliphatic carbocycles. The van der Waals surface area contributed by atoms with Crippen LogP contribution in [0.3, 0.4) is 0 Å². The third-order valence-electron chi connectivity index (χ3n) is 3.06. The average Bonchev–Trinajstić information content (AvgIpc) is 2.91. The molecule has 0 spiro atoms. The molecule has 2 rings (SSSR count). The van der Waals surface area contributed by atoms with E-state index in [4.69, 9.17) is 5.73 Å². The fourth-order valence-corrected chi connectivity index (χ4v) is 2.03. The number of hydrazone groups is 1. The van der Waals surface area contributed by atoms with E-state index in [1.807, 2.05) is 37.3 Å². The molecular weight excluding hydrogens is 256 g/mol. The molecule has 1 aromatic carbocycles. The Morgan fingerprint density at radius 2 is 2.10 bits per heavy atom. The number of carbonyl (C=O) groups is 2. The summed E-state index contributed by atoms with van der Waals surface area (Å²) in [5, 5.41) is 8.53. The van der Waals surface area contributed by atoms with E-state index in [0.717, 1.165) is 12.1 Å². The van der Waals surface area contributed by atoms with Crippen molar-refractivity contribution in [3.05, 3.63) is 30.3 Å². The molecule has 1 aromatic rings. The maximum absolute atomic E-state index is 11.9. The molecule has 0 radical (unpaired) electrons. The maximum Gasteiger partial charge on any atom is 0.267 e. The number of benzene rings is 1. The van der Waals surface area contributed by atoms with Crippen molar-refractivity contribution in [3.63, 3.8) is 0 Å². The average molecular weight is 274 g/mol. The fraction of sp³-hybridized carbons (Fsp3) is 0.357. The Bertz CT molecular complexity index is 527. The summed E-state index contributed by atoms with van der Waals surface area (Å²) in [4.78, 5) is 23.5. The second kappa shape index (κ2) is 6.18. The molecule has 1 heterocycles. The first-order chi connectivity index (χ1) is 9.63. The molecule has 20 heavy (non-hydrogen) atoms. The highest BCUT2D eigenvalue weighted by molar-refractivity contribution is 6.40. The van der Waals surface area contributed by atoms with Gasteiger partial charge in [0.15, 0.2) is 0 Å². The van der Waals surface area contributed by atoms with Crippen LogP contribution < -0.4 is 16.1 Å². The van der Waals surface area contributed by atoms with Crippen molar-refractivity contribution in [2.45, 2.75) is 25.8 Å². The van der Waals surface area contributed by atoms with E-state index in [1.165, 1.54) is 5.01 Å². The van der Waals surface area contributed by atoms with Crippen molar-refractivity contribution < 1.29 is 9.59 Å². The highest BCUT2D eigenvalue weighted by atomic mass is 16.2. The Morgan fingerprint density at radius 3 is 2.70 bits per heavy atom. The molecule has 106 valence electrons. The van der Waals surface area contributed by atoms with E-state index in [1.54, 1.807) is 0 Å². The fourth-order valence-electron chi connectivity index (χ4n) is 2.03. The summed E-state index contributed by atoms with van der Waals surface area (Å²) in [5.41, 5.74) is 6.49. The Hall–Kier alpha value is -2.37. The van der Waals surface area contributed by atoms with Gasteiger partial charge in [0, 0.05) is 13.0 Å². The van der Waals surface area contributed by atoms with Crippen LogP contribution >= 0.6 is 0 Å². The van der Waals surface area contributed by atoms with E-state index >= 15 is 0 Å². The van der Waals surface area contributed by atoms with Gasteiger partial charge in [0.05, 0.1) is 5.69 Å². The first-order valence-corrected chi connectivity index (χ1v) is 6.62. The number of nitrogens with one attached hydrogen (secondary N) is 1.